The molecule has 0 bridgehead atoms. The Morgan fingerprint density at radius 1 is 1.29 bits per heavy atom. The van der Waals surface area contributed by atoms with E-state index < -0.39 is 0 Å². The van der Waals surface area contributed by atoms with Gasteiger partial charge in [0.2, 0.25) is 0 Å². The van der Waals surface area contributed by atoms with E-state index in [1.54, 1.807) is 0 Å². The van der Waals surface area contributed by atoms with E-state index in [0.717, 1.165) is 23.9 Å². The number of hydrogen-bond acceptors (Lipinski definition) is 2. The topological polar surface area (TPSA) is 15.3 Å². The van der Waals surface area contributed by atoms with Crippen molar-refractivity contribution in [3.05, 3.63) is 0 Å². The van der Waals surface area contributed by atoms with Crippen LogP contribution in [0, 0.1) is 11.8 Å². The van der Waals surface area contributed by atoms with Crippen LogP contribution in [0.3, 0.4) is 0 Å². The minimum Gasteiger partial charge on any atom is -0.311 e. The Balaban J connectivity index is 1.99. The lowest BCUT2D eigenvalue weighted by atomic mass is 9.96. The van der Waals surface area contributed by atoms with Gasteiger partial charge in [0.25, 0.3) is 0 Å². The van der Waals surface area contributed by atoms with E-state index in [4.69, 9.17) is 0 Å². The van der Waals surface area contributed by atoms with Gasteiger partial charge in [-0.2, -0.15) is 0 Å². The minimum absolute atomic E-state index is 0.703. The third kappa shape index (κ3) is 3.03. The van der Waals surface area contributed by atoms with E-state index in [-0.39, 0.29) is 0 Å². The maximum absolute atomic E-state index is 3.74. The van der Waals surface area contributed by atoms with Crippen LogP contribution >= 0.6 is 0 Å². The first-order valence-corrected chi connectivity index (χ1v) is 7.61. The Kier molecular flexibility index (Phi) is 4.48. The van der Waals surface area contributed by atoms with E-state index in [1.165, 1.54) is 38.8 Å². The highest BCUT2D eigenvalue weighted by Crippen LogP contribution is 2.32. The van der Waals surface area contributed by atoms with Crippen molar-refractivity contribution in [2.75, 3.05) is 13.1 Å². The lowest BCUT2D eigenvalue weighted by Crippen LogP contribution is -2.60. The van der Waals surface area contributed by atoms with Gasteiger partial charge in [-0.1, -0.05) is 27.7 Å². The molecule has 0 amide bonds. The van der Waals surface area contributed by atoms with Gasteiger partial charge in [0.05, 0.1) is 0 Å². The summed E-state index contributed by atoms with van der Waals surface area (Å²) in [6.07, 6.45) is 5.60. The van der Waals surface area contributed by atoms with Crippen molar-refractivity contribution < 1.29 is 0 Å². The first-order chi connectivity index (χ1) is 8.11. The van der Waals surface area contributed by atoms with Crippen LogP contribution in [0.5, 0.6) is 0 Å². The highest BCUT2D eigenvalue weighted by molar-refractivity contribution is 4.92. The normalized spacial score (nSPS) is 40.1. The van der Waals surface area contributed by atoms with Gasteiger partial charge in [0.15, 0.2) is 0 Å². The van der Waals surface area contributed by atoms with Crippen molar-refractivity contribution in [1.82, 2.24) is 10.2 Å². The molecule has 1 aliphatic heterocycles. The van der Waals surface area contributed by atoms with Gasteiger partial charge in [-0.25, -0.2) is 0 Å². The second-order valence-corrected chi connectivity index (χ2v) is 6.59. The molecule has 0 aromatic heterocycles. The zero-order valence-electron chi connectivity index (χ0n) is 12.1. The predicted molar refractivity (Wildman–Crippen MR) is 74.2 cm³/mol. The van der Waals surface area contributed by atoms with Gasteiger partial charge in [-0.15, -0.1) is 0 Å². The number of nitrogens with zero attached hydrogens (tertiary/aromatic N) is 1. The molecule has 0 radical (unpaired) electrons. The standard InChI is InChI=1S/C15H30N2/c1-5-13-9-16-15(11(2)3)10-17(13)14-7-6-12(4)8-14/h11-16H,5-10H2,1-4H3. The fourth-order valence-corrected chi connectivity index (χ4v) is 3.60. The summed E-state index contributed by atoms with van der Waals surface area (Å²) < 4.78 is 0. The highest BCUT2D eigenvalue weighted by Gasteiger charge is 2.35. The van der Waals surface area contributed by atoms with Gasteiger partial charge in [0.1, 0.15) is 0 Å². The Bertz CT molecular complexity index is 239. The number of nitrogens with one attached hydrogen (secondary N) is 1. The van der Waals surface area contributed by atoms with Crippen LogP contribution in [0.2, 0.25) is 0 Å². The molecule has 17 heavy (non-hydrogen) atoms. The van der Waals surface area contributed by atoms with Crippen LogP contribution in [-0.4, -0.2) is 36.1 Å². The summed E-state index contributed by atoms with van der Waals surface area (Å²) in [5, 5.41) is 3.74. The smallest absolute Gasteiger partial charge is 0.0221 e. The fraction of sp³-hybridized carbons (Fsp3) is 1.00. The summed E-state index contributed by atoms with van der Waals surface area (Å²) in [5.41, 5.74) is 0. The van der Waals surface area contributed by atoms with E-state index in [9.17, 15) is 0 Å². The van der Waals surface area contributed by atoms with Crippen LogP contribution in [-0.2, 0) is 0 Å². The Morgan fingerprint density at radius 3 is 2.59 bits per heavy atom. The molecule has 1 saturated carbocycles. The molecule has 1 heterocycles. The zero-order chi connectivity index (χ0) is 12.4. The van der Waals surface area contributed by atoms with Crippen molar-refractivity contribution in [1.29, 1.82) is 0 Å². The van der Waals surface area contributed by atoms with Crippen LogP contribution in [0.15, 0.2) is 0 Å². The summed E-state index contributed by atoms with van der Waals surface area (Å²) in [6, 6.07) is 2.35. The summed E-state index contributed by atoms with van der Waals surface area (Å²) in [4.78, 5) is 2.84. The second kappa shape index (κ2) is 5.71. The molecule has 2 aliphatic rings. The summed E-state index contributed by atoms with van der Waals surface area (Å²) >= 11 is 0. The molecule has 2 fully saturated rings. The molecule has 2 nitrogen and oxygen atoms in total. The van der Waals surface area contributed by atoms with Gasteiger partial charge in [-0.3, -0.25) is 4.90 Å². The molecule has 100 valence electrons. The quantitative estimate of drug-likeness (QED) is 0.813. The second-order valence-electron chi connectivity index (χ2n) is 6.59. The molecular formula is C15H30N2. The molecule has 1 saturated heterocycles. The van der Waals surface area contributed by atoms with E-state index in [0.29, 0.717) is 6.04 Å². The van der Waals surface area contributed by atoms with Crippen LogP contribution in [0.25, 0.3) is 0 Å². The molecule has 0 aromatic carbocycles. The van der Waals surface area contributed by atoms with Crippen LogP contribution < -0.4 is 5.32 Å². The Hall–Kier alpha value is -0.0800. The molecule has 4 atom stereocenters. The first-order valence-electron chi connectivity index (χ1n) is 7.61. The average molecular weight is 238 g/mol. The lowest BCUT2D eigenvalue weighted by molar-refractivity contribution is 0.0677. The predicted octanol–water partition coefficient (Wildman–Crippen LogP) is 2.88. The highest BCUT2D eigenvalue weighted by atomic mass is 15.3. The molecule has 2 heteroatoms. The van der Waals surface area contributed by atoms with Crippen molar-refractivity contribution in [3.8, 4) is 0 Å². The molecule has 4 unspecified atom stereocenters. The Labute approximate surface area is 107 Å². The SMILES string of the molecule is CCC1CNC(C(C)C)CN1C1CCC(C)C1. The molecule has 1 N–H and O–H groups in total. The number of piperazine rings is 1. The lowest BCUT2D eigenvalue weighted by Gasteiger charge is -2.45. The van der Waals surface area contributed by atoms with E-state index in [1.807, 2.05) is 0 Å². The maximum Gasteiger partial charge on any atom is 0.0221 e. The van der Waals surface area contributed by atoms with Crippen molar-refractivity contribution in [2.24, 2.45) is 11.8 Å². The fourth-order valence-electron chi connectivity index (χ4n) is 3.60. The van der Waals surface area contributed by atoms with E-state index in [2.05, 4.69) is 37.9 Å². The van der Waals surface area contributed by atoms with E-state index >= 15 is 0 Å². The van der Waals surface area contributed by atoms with Gasteiger partial charge in [0, 0.05) is 31.2 Å². The van der Waals surface area contributed by atoms with Crippen molar-refractivity contribution >= 4 is 0 Å². The number of rotatable bonds is 3. The van der Waals surface area contributed by atoms with Gasteiger partial charge >= 0.3 is 0 Å². The van der Waals surface area contributed by atoms with Crippen LogP contribution in [0.1, 0.15) is 53.4 Å². The summed E-state index contributed by atoms with van der Waals surface area (Å²) in [5.74, 6) is 1.71. The molecule has 2 rings (SSSR count). The third-order valence-electron chi connectivity index (χ3n) is 4.90. The largest absolute Gasteiger partial charge is 0.311 e. The zero-order valence-corrected chi connectivity index (χ0v) is 12.1. The summed E-state index contributed by atoms with van der Waals surface area (Å²) in [7, 11) is 0. The van der Waals surface area contributed by atoms with Crippen molar-refractivity contribution in [2.45, 2.75) is 71.5 Å². The van der Waals surface area contributed by atoms with Gasteiger partial charge < -0.3 is 5.32 Å². The monoisotopic (exact) mass is 238 g/mol. The number of hydrogen-bond donors (Lipinski definition) is 1. The molecule has 1 aliphatic carbocycles. The third-order valence-corrected chi connectivity index (χ3v) is 4.90. The minimum atomic E-state index is 0.703. The molecular weight excluding hydrogens is 208 g/mol. The Morgan fingerprint density at radius 2 is 2.06 bits per heavy atom. The van der Waals surface area contributed by atoms with Crippen LogP contribution in [0.4, 0.5) is 0 Å². The maximum atomic E-state index is 3.74. The average Bonchev–Trinajstić information content (AvgIpc) is 2.74. The summed E-state index contributed by atoms with van der Waals surface area (Å²) in [6.45, 7) is 11.9. The first kappa shape index (κ1) is 13.4. The molecule has 0 aromatic rings. The van der Waals surface area contributed by atoms with Gasteiger partial charge in [-0.05, 0) is 37.5 Å². The van der Waals surface area contributed by atoms with Crippen molar-refractivity contribution in [3.63, 3.8) is 0 Å². The molecule has 0 spiro atoms.